The number of carbonyl (C=O) groups excluding carboxylic acids is 1. The van der Waals surface area contributed by atoms with Gasteiger partial charge in [-0.3, -0.25) is 4.79 Å². The first-order valence-electron chi connectivity index (χ1n) is 12.6. The lowest BCUT2D eigenvalue weighted by atomic mass is 10.0. The first-order chi connectivity index (χ1) is 17.8. The van der Waals surface area contributed by atoms with Crippen molar-refractivity contribution in [2.75, 3.05) is 0 Å². The summed E-state index contributed by atoms with van der Waals surface area (Å²) in [7, 11) is 0. The highest BCUT2D eigenvalue weighted by molar-refractivity contribution is 5.99. The summed E-state index contributed by atoms with van der Waals surface area (Å²) in [5.74, 6) is -0.429. The van der Waals surface area contributed by atoms with Crippen LogP contribution >= 0.6 is 0 Å². The van der Waals surface area contributed by atoms with E-state index in [0.717, 1.165) is 23.0 Å². The number of nitrogens with one attached hydrogen (secondary N) is 1. The van der Waals surface area contributed by atoms with E-state index in [0.29, 0.717) is 11.1 Å². The molecule has 3 nitrogen and oxygen atoms in total. The molecule has 0 unspecified atom stereocenters. The Balaban J connectivity index is 1.38. The molecule has 1 amide bonds. The Hall–Kier alpha value is -4.18. The second kappa shape index (κ2) is 10.1. The summed E-state index contributed by atoms with van der Waals surface area (Å²) in [5, 5.41) is 4.10. The molecule has 4 aromatic carbocycles. The van der Waals surface area contributed by atoms with Gasteiger partial charge in [-0.1, -0.05) is 66.7 Å². The number of hydrogen-bond acceptors (Lipinski definition) is 1. The lowest BCUT2D eigenvalue weighted by Gasteiger charge is -2.17. The molecule has 0 aliphatic rings. The summed E-state index contributed by atoms with van der Waals surface area (Å²) in [6, 6.07) is 29.6. The van der Waals surface area contributed by atoms with E-state index < -0.39 is 0 Å². The molecule has 5 aromatic rings. The molecule has 5 rings (SSSR count). The third-order valence-corrected chi connectivity index (χ3v) is 7.43. The average molecular weight is 491 g/mol. The molecule has 1 aromatic heterocycles. The molecular formula is C33H31FN2O. The molecule has 0 aliphatic heterocycles. The molecule has 4 heteroatoms. The Kier molecular flexibility index (Phi) is 6.66. The highest BCUT2D eigenvalue weighted by atomic mass is 19.1. The minimum Gasteiger partial charge on any atom is -0.346 e. The molecular weight excluding hydrogens is 459 g/mol. The number of benzene rings is 4. The van der Waals surface area contributed by atoms with Crippen LogP contribution in [0, 0.1) is 26.6 Å². The Morgan fingerprint density at radius 3 is 2.27 bits per heavy atom. The predicted octanol–water partition coefficient (Wildman–Crippen LogP) is 7.91. The summed E-state index contributed by atoms with van der Waals surface area (Å²) in [6.45, 7) is 8.61. The van der Waals surface area contributed by atoms with Crippen LogP contribution in [0.2, 0.25) is 0 Å². The number of halogens is 1. The van der Waals surface area contributed by atoms with Gasteiger partial charge in [-0.15, -0.1) is 0 Å². The Bertz CT molecular complexity index is 1580. The van der Waals surface area contributed by atoms with E-state index in [1.54, 1.807) is 13.0 Å². The van der Waals surface area contributed by atoms with Gasteiger partial charge in [0.15, 0.2) is 0 Å². The van der Waals surface area contributed by atoms with Crippen LogP contribution in [0.5, 0.6) is 0 Å². The van der Waals surface area contributed by atoms with Gasteiger partial charge in [0.05, 0.1) is 6.04 Å². The predicted molar refractivity (Wildman–Crippen MR) is 149 cm³/mol. The van der Waals surface area contributed by atoms with Gasteiger partial charge in [-0.05, 0) is 85.3 Å². The molecule has 1 N–H and O–H groups in total. The van der Waals surface area contributed by atoms with E-state index >= 15 is 0 Å². The van der Waals surface area contributed by atoms with Crippen LogP contribution in [0.15, 0.2) is 91.0 Å². The zero-order chi connectivity index (χ0) is 26.1. The van der Waals surface area contributed by atoms with Gasteiger partial charge < -0.3 is 9.88 Å². The summed E-state index contributed by atoms with van der Waals surface area (Å²) in [6.07, 6.45) is 0. The standard InChI is InChI=1S/C33H31FN2O/c1-21-24(4)36(20-25-13-15-27(16-14-25)26-9-6-5-7-10-26)32-18-17-28(19-30(21)32)33(37)35-23(3)29-11-8-12-31(34)22(29)2/h5-19,23H,20H2,1-4H3,(H,35,37)/t23-/m0/s1. The van der Waals surface area contributed by atoms with E-state index in [-0.39, 0.29) is 17.8 Å². The molecule has 1 atom stereocenters. The number of rotatable bonds is 6. The fraction of sp³-hybridized carbons (Fsp3) is 0.182. The largest absolute Gasteiger partial charge is 0.346 e. The van der Waals surface area contributed by atoms with Crippen LogP contribution in [0.1, 0.15) is 51.3 Å². The lowest BCUT2D eigenvalue weighted by molar-refractivity contribution is 0.0940. The topological polar surface area (TPSA) is 34.0 Å². The number of aryl methyl sites for hydroxylation is 1. The van der Waals surface area contributed by atoms with Gasteiger partial charge in [-0.2, -0.15) is 0 Å². The average Bonchev–Trinajstić information content (AvgIpc) is 3.15. The Labute approximate surface area is 217 Å². The van der Waals surface area contributed by atoms with Crippen LogP contribution in [0.25, 0.3) is 22.0 Å². The maximum atomic E-state index is 14.0. The third kappa shape index (κ3) is 4.79. The second-order valence-corrected chi connectivity index (χ2v) is 9.74. The van der Waals surface area contributed by atoms with E-state index in [4.69, 9.17) is 0 Å². The van der Waals surface area contributed by atoms with E-state index in [1.807, 2.05) is 37.3 Å². The Morgan fingerprint density at radius 2 is 1.54 bits per heavy atom. The third-order valence-electron chi connectivity index (χ3n) is 7.43. The fourth-order valence-electron chi connectivity index (χ4n) is 5.06. The highest BCUT2D eigenvalue weighted by Crippen LogP contribution is 2.28. The number of aromatic nitrogens is 1. The van der Waals surface area contributed by atoms with Crippen molar-refractivity contribution in [2.45, 2.75) is 40.3 Å². The summed E-state index contributed by atoms with van der Waals surface area (Å²) in [4.78, 5) is 13.1. The minimum absolute atomic E-state index is 0.167. The molecule has 0 fully saturated rings. The van der Waals surface area contributed by atoms with Crippen molar-refractivity contribution in [1.82, 2.24) is 9.88 Å². The molecule has 0 aliphatic carbocycles. The lowest BCUT2D eigenvalue weighted by Crippen LogP contribution is -2.27. The van der Waals surface area contributed by atoms with Gasteiger partial charge in [0.2, 0.25) is 0 Å². The van der Waals surface area contributed by atoms with Crippen molar-refractivity contribution >= 4 is 16.8 Å². The van der Waals surface area contributed by atoms with Crippen molar-refractivity contribution in [3.63, 3.8) is 0 Å². The minimum atomic E-state index is -0.301. The molecule has 0 radical (unpaired) electrons. The maximum absolute atomic E-state index is 14.0. The first-order valence-corrected chi connectivity index (χ1v) is 12.6. The smallest absolute Gasteiger partial charge is 0.251 e. The van der Waals surface area contributed by atoms with Crippen molar-refractivity contribution in [3.8, 4) is 11.1 Å². The number of hydrogen-bond donors (Lipinski definition) is 1. The van der Waals surface area contributed by atoms with Gasteiger partial charge in [0.1, 0.15) is 5.82 Å². The van der Waals surface area contributed by atoms with Crippen molar-refractivity contribution in [2.24, 2.45) is 0 Å². The van der Waals surface area contributed by atoms with Gasteiger partial charge in [0.25, 0.3) is 5.91 Å². The van der Waals surface area contributed by atoms with Crippen LogP contribution in [-0.4, -0.2) is 10.5 Å². The molecule has 0 spiro atoms. The van der Waals surface area contributed by atoms with Crippen LogP contribution in [0.3, 0.4) is 0 Å². The van der Waals surface area contributed by atoms with Crippen molar-refractivity contribution in [1.29, 1.82) is 0 Å². The fourth-order valence-corrected chi connectivity index (χ4v) is 5.06. The van der Waals surface area contributed by atoms with Crippen molar-refractivity contribution < 1.29 is 9.18 Å². The van der Waals surface area contributed by atoms with Crippen LogP contribution in [0.4, 0.5) is 4.39 Å². The van der Waals surface area contributed by atoms with E-state index in [1.165, 1.54) is 34.0 Å². The zero-order valence-corrected chi connectivity index (χ0v) is 21.7. The molecule has 0 bridgehead atoms. The summed E-state index contributed by atoms with van der Waals surface area (Å²) in [5.41, 5.74) is 9.03. The maximum Gasteiger partial charge on any atom is 0.251 e. The first kappa shape index (κ1) is 24.5. The zero-order valence-electron chi connectivity index (χ0n) is 21.7. The quantitative estimate of drug-likeness (QED) is 0.258. The van der Waals surface area contributed by atoms with Crippen LogP contribution < -0.4 is 5.32 Å². The molecule has 1 heterocycles. The molecule has 37 heavy (non-hydrogen) atoms. The summed E-state index contributed by atoms with van der Waals surface area (Å²) < 4.78 is 16.3. The van der Waals surface area contributed by atoms with E-state index in [2.05, 4.69) is 72.3 Å². The second-order valence-electron chi connectivity index (χ2n) is 9.74. The van der Waals surface area contributed by atoms with Gasteiger partial charge >= 0.3 is 0 Å². The molecule has 0 saturated heterocycles. The SMILES string of the molecule is Cc1c(F)cccc1[C@H](C)NC(=O)c1ccc2c(c1)c(C)c(C)n2Cc1ccc(-c2ccccc2)cc1. The number of amides is 1. The van der Waals surface area contributed by atoms with Gasteiger partial charge in [-0.25, -0.2) is 4.39 Å². The molecule has 0 saturated carbocycles. The normalized spacial score (nSPS) is 12.0. The summed E-state index contributed by atoms with van der Waals surface area (Å²) >= 11 is 0. The number of carbonyl (C=O) groups is 1. The van der Waals surface area contributed by atoms with E-state index in [9.17, 15) is 9.18 Å². The monoisotopic (exact) mass is 490 g/mol. The number of nitrogens with zero attached hydrogens (tertiary/aromatic N) is 1. The molecule has 186 valence electrons. The van der Waals surface area contributed by atoms with Gasteiger partial charge in [0, 0.05) is 28.7 Å². The van der Waals surface area contributed by atoms with Crippen LogP contribution in [-0.2, 0) is 6.54 Å². The van der Waals surface area contributed by atoms with Crippen molar-refractivity contribution in [3.05, 3.63) is 130 Å². The number of fused-ring (bicyclic) bond motifs is 1. The Morgan fingerprint density at radius 1 is 0.838 bits per heavy atom. The highest BCUT2D eigenvalue weighted by Gasteiger charge is 2.17.